The van der Waals surface area contributed by atoms with Gasteiger partial charge in [0.2, 0.25) is 0 Å². The van der Waals surface area contributed by atoms with Crippen LogP contribution in [-0.4, -0.2) is 71.1 Å². The van der Waals surface area contributed by atoms with Crippen LogP contribution in [-0.2, 0) is 4.74 Å². The lowest BCUT2D eigenvalue weighted by Gasteiger charge is -2.31. The first-order valence-corrected chi connectivity index (χ1v) is 7.94. The van der Waals surface area contributed by atoms with Crippen LogP contribution >= 0.6 is 0 Å². The predicted molar refractivity (Wildman–Crippen MR) is 79.1 cm³/mol. The summed E-state index contributed by atoms with van der Waals surface area (Å²) >= 11 is 0. The standard InChI is InChI=1S/C15H24N4O2/c20-15(14-9-16-12-17-14)19-7-4-8-21-13(11-19)10-18-5-2-1-3-6-18/h9,12-13H,1-8,10-11H2,(H,16,17)/t13-/m0/s1. The van der Waals surface area contributed by atoms with Gasteiger partial charge in [0.05, 0.1) is 18.6 Å². The van der Waals surface area contributed by atoms with Gasteiger partial charge in [0.1, 0.15) is 5.69 Å². The highest BCUT2D eigenvalue weighted by Gasteiger charge is 2.26. The lowest BCUT2D eigenvalue weighted by molar-refractivity contribution is 0.0215. The minimum absolute atomic E-state index is 0.0293. The number of rotatable bonds is 3. The maximum absolute atomic E-state index is 12.4. The summed E-state index contributed by atoms with van der Waals surface area (Å²) in [6.45, 7) is 5.43. The summed E-state index contributed by atoms with van der Waals surface area (Å²) in [5.41, 5.74) is 0.564. The summed E-state index contributed by atoms with van der Waals surface area (Å²) in [7, 11) is 0. The molecule has 2 saturated heterocycles. The molecular formula is C15H24N4O2. The second-order valence-corrected chi connectivity index (χ2v) is 5.92. The maximum Gasteiger partial charge on any atom is 0.272 e. The van der Waals surface area contributed by atoms with Gasteiger partial charge in [0.25, 0.3) is 5.91 Å². The van der Waals surface area contributed by atoms with Crippen LogP contribution in [0.15, 0.2) is 12.5 Å². The third-order valence-electron chi connectivity index (χ3n) is 4.28. The quantitative estimate of drug-likeness (QED) is 0.907. The van der Waals surface area contributed by atoms with E-state index in [1.807, 2.05) is 4.90 Å². The Morgan fingerprint density at radius 3 is 2.90 bits per heavy atom. The van der Waals surface area contributed by atoms with Gasteiger partial charge in [-0.1, -0.05) is 6.42 Å². The molecule has 6 heteroatoms. The molecule has 116 valence electrons. The molecular weight excluding hydrogens is 268 g/mol. The molecule has 1 N–H and O–H groups in total. The van der Waals surface area contributed by atoms with Crippen molar-refractivity contribution < 1.29 is 9.53 Å². The van der Waals surface area contributed by atoms with Crippen molar-refractivity contribution in [2.75, 3.05) is 39.3 Å². The predicted octanol–water partition coefficient (Wildman–Crippen LogP) is 1.13. The van der Waals surface area contributed by atoms with Gasteiger partial charge in [0, 0.05) is 26.2 Å². The lowest BCUT2D eigenvalue weighted by Crippen LogP contribution is -2.43. The number of piperidine rings is 1. The van der Waals surface area contributed by atoms with Gasteiger partial charge in [-0.3, -0.25) is 4.79 Å². The van der Waals surface area contributed by atoms with Crippen molar-refractivity contribution in [1.82, 2.24) is 19.8 Å². The number of nitrogens with one attached hydrogen (secondary N) is 1. The molecule has 2 fully saturated rings. The first-order valence-electron chi connectivity index (χ1n) is 7.94. The van der Waals surface area contributed by atoms with Gasteiger partial charge >= 0.3 is 0 Å². The maximum atomic E-state index is 12.4. The number of amides is 1. The molecule has 3 heterocycles. The van der Waals surface area contributed by atoms with Crippen LogP contribution in [0.2, 0.25) is 0 Å². The van der Waals surface area contributed by atoms with E-state index in [0.29, 0.717) is 12.2 Å². The van der Waals surface area contributed by atoms with E-state index in [9.17, 15) is 4.79 Å². The molecule has 1 aromatic rings. The number of carbonyl (C=O) groups is 1. The first-order chi connectivity index (χ1) is 10.3. The van der Waals surface area contributed by atoms with E-state index in [1.54, 1.807) is 12.5 Å². The molecule has 0 bridgehead atoms. The second kappa shape index (κ2) is 7.04. The fourth-order valence-electron chi connectivity index (χ4n) is 3.16. The van der Waals surface area contributed by atoms with E-state index in [2.05, 4.69) is 14.9 Å². The molecule has 1 atom stereocenters. The first kappa shape index (κ1) is 14.5. The van der Waals surface area contributed by atoms with Gasteiger partial charge in [-0.15, -0.1) is 0 Å². The number of carbonyl (C=O) groups excluding carboxylic acids is 1. The molecule has 1 amide bonds. The van der Waals surface area contributed by atoms with Crippen LogP contribution < -0.4 is 0 Å². The normalized spacial score (nSPS) is 24.8. The number of nitrogens with zero attached hydrogens (tertiary/aromatic N) is 3. The Morgan fingerprint density at radius 2 is 2.14 bits per heavy atom. The fraction of sp³-hybridized carbons (Fsp3) is 0.733. The minimum Gasteiger partial charge on any atom is -0.375 e. The van der Waals surface area contributed by atoms with Crippen molar-refractivity contribution in [3.8, 4) is 0 Å². The third-order valence-corrected chi connectivity index (χ3v) is 4.28. The SMILES string of the molecule is O=C(c1cnc[nH]1)N1CCCO[C@@H](CN2CCCCC2)C1. The van der Waals surface area contributed by atoms with E-state index >= 15 is 0 Å². The molecule has 1 aromatic heterocycles. The van der Waals surface area contributed by atoms with E-state index in [0.717, 1.165) is 39.2 Å². The number of aromatic amines is 1. The topological polar surface area (TPSA) is 61.5 Å². The summed E-state index contributed by atoms with van der Waals surface area (Å²) in [5, 5.41) is 0. The highest BCUT2D eigenvalue weighted by Crippen LogP contribution is 2.14. The zero-order chi connectivity index (χ0) is 14.5. The van der Waals surface area contributed by atoms with Crippen molar-refractivity contribution in [2.24, 2.45) is 0 Å². The molecule has 21 heavy (non-hydrogen) atoms. The Kier molecular flexibility index (Phi) is 4.87. The zero-order valence-electron chi connectivity index (χ0n) is 12.5. The molecule has 2 aliphatic rings. The Hall–Kier alpha value is -1.40. The second-order valence-electron chi connectivity index (χ2n) is 5.92. The monoisotopic (exact) mass is 292 g/mol. The molecule has 0 aromatic carbocycles. The largest absolute Gasteiger partial charge is 0.375 e. The van der Waals surface area contributed by atoms with Crippen molar-refractivity contribution in [1.29, 1.82) is 0 Å². The van der Waals surface area contributed by atoms with Crippen LogP contribution in [0.3, 0.4) is 0 Å². The molecule has 3 rings (SSSR count). The van der Waals surface area contributed by atoms with E-state index in [1.165, 1.54) is 19.3 Å². The smallest absolute Gasteiger partial charge is 0.272 e. The number of hydrogen-bond acceptors (Lipinski definition) is 4. The lowest BCUT2D eigenvalue weighted by atomic mass is 10.1. The number of imidazole rings is 1. The van der Waals surface area contributed by atoms with Crippen molar-refractivity contribution in [2.45, 2.75) is 31.8 Å². The summed E-state index contributed by atoms with van der Waals surface area (Å²) in [4.78, 5) is 23.6. The molecule has 0 spiro atoms. The molecule has 0 radical (unpaired) electrons. The van der Waals surface area contributed by atoms with Crippen LogP contribution in [0.4, 0.5) is 0 Å². The van der Waals surface area contributed by atoms with Crippen LogP contribution in [0.5, 0.6) is 0 Å². The Bertz CT molecular complexity index is 443. The van der Waals surface area contributed by atoms with Crippen molar-refractivity contribution >= 4 is 5.91 Å². The molecule has 2 aliphatic heterocycles. The van der Waals surface area contributed by atoms with Gasteiger partial charge in [-0.2, -0.15) is 0 Å². The average Bonchev–Trinajstić information content (AvgIpc) is 2.95. The highest BCUT2D eigenvalue weighted by molar-refractivity contribution is 5.92. The highest BCUT2D eigenvalue weighted by atomic mass is 16.5. The molecule has 0 aliphatic carbocycles. The minimum atomic E-state index is 0.0293. The fourth-order valence-corrected chi connectivity index (χ4v) is 3.16. The van der Waals surface area contributed by atoms with E-state index in [4.69, 9.17) is 4.74 Å². The van der Waals surface area contributed by atoms with Crippen LogP contribution in [0.25, 0.3) is 0 Å². The summed E-state index contributed by atoms with van der Waals surface area (Å²) in [5.74, 6) is 0.0293. The van der Waals surface area contributed by atoms with Gasteiger partial charge in [-0.25, -0.2) is 4.98 Å². The van der Waals surface area contributed by atoms with Gasteiger partial charge in [0.15, 0.2) is 0 Å². The van der Waals surface area contributed by atoms with E-state index < -0.39 is 0 Å². The number of H-pyrrole nitrogens is 1. The summed E-state index contributed by atoms with van der Waals surface area (Å²) in [6.07, 6.45) is 8.06. The summed E-state index contributed by atoms with van der Waals surface area (Å²) in [6, 6.07) is 0. The third kappa shape index (κ3) is 3.83. The van der Waals surface area contributed by atoms with Gasteiger partial charge < -0.3 is 19.5 Å². The Balaban J connectivity index is 1.59. The molecule has 6 nitrogen and oxygen atoms in total. The molecule has 0 saturated carbocycles. The van der Waals surface area contributed by atoms with Crippen molar-refractivity contribution in [3.05, 3.63) is 18.2 Å². The molecule has 0 unspecified atom stereocenters. The number of aromatic nitrogens is 2. The number of ether oxygens (including phenoxy) is 1. The summed E-state index contributed by atoms with van der Waals surface area (Å²) < 4.78 is 5.94. The Labute approximate surface area is 125 Å². The van der Waals surface area contributed by atoms with Crippen molar-refractivity contribution in [3.63, 3.8) is 0 Å². The van der Waals surface area contributed by atoms with Crippen LogP contribution in [0.1, 0.15) is 36.2 Å². The number of likely N-dealkylation sites (tertiary alicyclic amines) is 1. The van der Waals surface area contributed by atoms with Gasteiger partial charge in [-0.05, 0) is 32.4 Å². The van der Waals surface area contributed by atoms with Crippen LogP contribution in [0, 0.1) is 0 Å². The Morgan fingerprint density at radius 1 is 1.29 bits per heavy atom. The zero-order valence-corrected chi connectivity index (χ0v) is 12.5. The number of hydrogen-bond donors (Lipinski definition) is 1. The van der Waals surface area contributed by atoms with E-state index in [-0.39, 0.29) is 12.0 Å². The average molecular weight is 292 g/mol.